The molecule has 0 aromatic heterocycles. The van der Waals surface area contributed by atoms with Crippen LogP contribution in [0.15, 0.2) is 0 Å². The zero-order chi connectivity index (χ0) is 10.7. The van der Waals surface area contributed by atoms with Gasteiger partial charge in [-0.2, -0.15) is 0 Å². The maximum Gasteiger partial charge on any atom is 0.000356 e. The number of hydrogen-bond donors (Lipinski definition) is 0. The fraction of sp³-hybridized carbons (Fsp3) is 1.00. The molecule has 0 aromatic carbocycles. The first-order valence-corrected chi connectivity index (χ1v) is 6.85. The zero-order valence-electron chi connectivity index (χ0n) is 10.6. The Morgan fingerprint density at radius 3 is 2.07 bits per heavy atom. The van der Waals surface area contributed by atoms with Gasteiger partial charge in [0.15, 0.2) is 0 Å². The second kappa shape index (κ2) is 4.86. The van der Waals surface area contributed by atoms with Crippen molar-refractivity contribution >= 4 is 0 Å². The van der Waals surface area contributed by atoms with Crippen LogP contribution >= 0.6 is 0 Å². The first kappa shape index (κ1) is 11.4. The summed E-state index contributed by atoms with van der Waals surface area (Å²) in [6.45, 7) is 1.32. The molecular weight excluding hydrogens is 182 g/mol. The van der Waals surface area contributed by atoms with Gasteiger partial charge in [0.1, 0.15) is 0 Å². The van der Waals surface area contributed by atoms with Crippen LogP contribution in [0, 0.1) is 11.3 Å². The highest BCUT2D eigenvalue weighted by atomic mass is 15.1. The smallest absolute Gasteiger partial charge is 0.000356 e. The molecule has 1 heteroatoms. The van der Waals surface area contributed by atoms with Crippen LogP contribution in [0.5, 0.6) is 0 Å². The lowest BCUT2D eigenvalue weighted by Crippen LogP contribution is -2.33. The van der Waals surface area contributed by atoms with E-state index in [9.17, 15) is 0 Å². The van der Waals surface area contributed by atoms with E-state index in [2.05, 4.69) is 19.0 Å². The molecule has 0 aromatic rings. The summed E-state index contributed by atoms with van der Waals surface area (Å²) in [6, 6.07) is 0. The molecule has 2 saturated carbocycles. The van der Waals surface area contributed by atoms with Crippen LogP contribution < -0.4 is 0 Å². The topological polar surface area (TPSA) is 3.24 Å². The third-order valence-corrected chi connectivity index (χ3v) is 4.70. The van der Waals surface area contributed by atoms with Crippen LogP contribution in [-0.2, 0) is 0 Å². The van der Waals surface area contributed by atoms with Crippen molar-refractivity contribution < 1.29 is 0 Å². The van der Waals surface area contributed by atoms with Crippen LogP contribution in [-0.4, -0.2) is 25.5 Å². The van der Waals surface area contributed by atoms with Crippen LogP contribution in [0.1, 0.15) is 57.8 Å². The van der Waals surface area contributed by atoms with Gasteiger partial charge in [-0.25, -0.2) is 0 Å². The van der Waals surface area contributed by atoms with Gasteiger partial charge in [-0.05, 0) is 64.0 Å². The predicted octanol–water partition coefficient (Wildman–Crippen LogP) is 3.69. The molecule has 1 spiro atoms. The summed E-state index contributed by atoms with van der Waals surface area (Å²) in [5.41, 5.74) is 0.807. The molecule has 0 bridgehead atoms. The predicted molar refractivity (Wildman–Crippen MR) is 66.0 cm³/mol. The third kappa shape index (κ3) is 2.96. The molecule has 2 aliphatic rings. The summed E-state index contributed by atoms with van der Waals surface area (Å²) in [7, 11) is 4.43. The lowest BCUT2D eigenvalue weighted by Gasteiger charge is -2.43. The second-order valence-electron chi connectivity index (χ2n) is 6.27. The highest BCUT2D eigenvalue weighted by Gasteiger charge is 2.35. The van der Waals surface area contributed by atoms with Crippen LogP contribution in [0.25, 0.3) is 0 Å². The van der Waals surface area contributed by atoms with E-state index < -0.39 is 0 Å². The molecule has 0 aliphatic heterocycles. The standard InChI is InChI=1S/C14H27N/c1-15(2)12-13-6-10-14(11-7-13)8-4-3-5-9-14/h13H,3-12H2,1-2H3. The Balaban J connectivity index is 1.80. The molecule has 2 aliphatic carbocycles. The molecule has 1 nitrogen and oxygen atoms in total. The maximum atomic E-state index is 2.36. The van der Waals surface area contributed by atoms with Gasteiger partial charge in [-0.1, -0.05) is 19.3 Å². The molecule has 88 valence electrons. The monoisotopic (exact) mass is 209 g/mol. The van der Waals surface area contributed by atoms with E-state index >= 15 is 0 Å². The summed E-state index contributed by atoms with van der Waals surface area (Å²) < 4.78 is 0. The SMILES string of the molecule is CN(C)CC1CCC2(CCCCC2)CC1. The average molecular weight is 209 g/mol. The summed E-state index contributed by atoms with van der Waals surface area (Å²) in [4.78, 5) is 2.36. The molecule has 0 unspecified atom stereocenters. The lowest BCUT2D eigenvalue weighted by atomic mass is 9.63. The molecule has 0 saturated heterocycles. The molecule has 0 heterocycles. The van der Waals surface area contributed by atoms with E-state index in [0.29, 0.717) is 0 Å². The van der Waals surface area contributed by atoms with Gasteiger partial charge < -0.3 is 4.90 Å². The Labute approximate surface area is 95.2 Å². The normalized spacial score (nSPS) is 27.4. The first-order chi connectivity index (χ1) is 7.20. The maximum absolute atomic E-state index is 2.36. The molecule has 2 rings (SSSR count). The van der Waals surface area contributed by atoms with Gasteiger partial charge in [-0.3, -0.25) is 0 Å². The summed E-state index contributed by atoms with van der Waals surface area (Å²) in [5.74, 6) is 0.993. The molecule has 2 fully saturated rings. The lowest BCUT2D eigenvalue weighted by molar-refractivity contribution is 0.0881. The van der Waals surface area contributed by atoms with E-state index in [4.69, 9.17) is 0 Å². The van der Waals surface area contributed by atoms with Crippen molar-refractivity contribution in [2.45, 2.75) is 57.8 Å². The zero-order valence-corrected chi connectivity index (χ0v) is 10.6. The van der Waals surface area contributed by atoms with Gasteiger partial charge in [-0.15, -0.1) is 0 Å². The molecule has 0 amide bonds. The fourth-order valence-corrected chi connectivity index (χ4v) is 3.79. The Kier molecular flexibility index (Phi) is 3.71. The Morgan fingerprint density at radius 1 is 0.933 bits per heavy atom. The van der Waals surface area contributed by atoms with Crippen molar-refractivity contribution in [3.8, 4) is 0 Å². The fourth-order valence-electron chi connectivity index (χ4n) is 3.79. The highest BCUT2D eigenvalue weighted by molar-refractivity contribution is 4.88. The van der Waals surface area contributed by atoms with Gasteiger partial charge in [0, 0.05) is 6.54 Å². The van der Waals surface area contributed by atoms with Gasteiger partial charge >= 0.3 is 0 Å². The largest absolute Gasteiger partial charge is 0.309 e. The number of rotatable bonds is 2. The summed E-state index contributed by atoms with van der Waals surface area (Å²) >= 11 is 0. The number of nitrogens with zero attached hydrogens (tertiary/aromatic N) is 1. The minimum atomic E-state index is 0.807. The van der Waals surface area contributed by atoms with E-state index in [1.807, 2.05) is 0 Å². The Hall–Kier alpha value is -0.0400. The average Bonchev–Trinajstić information content (AvgIpc) is 2.23. The highest BCUT2D eigenvalue weighted by Crippen LogP contribution is 2.48. The van der Waals surface area contributed by atoms with E-state index in [1.54, 1.807) is 12.8 Å². The molecule has 15 heavy (non-hydrogen) atoms. The van der Waals surface area contributed by atoms with Crippen molar-refractivity contribution in [2.24, 2.45) is 11.3 Å². The Bertz CT molecular complexity index is 182. The minimum Gasteiger partial charge on any atom is -0.309 e. The second-order valence-corrected chi connectivity index (χ2v) is 6.27. The van der Waals surface area contributed by atoms with Crippen molar-refractivity contribution in [1.82, 2.24) is 4.90 Å². The molecule has 0 atom stereocenters. The molecule has 0 radical (unpaired) electrons. The third-order valence-electron chi connectivity index (χ3n) is 4.70. The van der Waals surface area contributed by atoms with Crippen molar-refractivity contribution in [1.29, 1.82) is 0 Å². The molecule has 0 N–H and O–H groups in total. The van der Waals surface area contributed by atoms with E-state index in [-0.39, 0.29) is 0 Å². The summed E-state index contributed by atoms with van der Waals surface area (Å²) in [6.07, 6.45) is 13.7. The minimum absolute atomic E-state index is 0.807. The Morgan fingerprint density at radius 2 is 1.53 bits per heavy atom. The van der Waals surface area contributed by atoms with Gasteiger partial charge in [0.25, 0.3) is 0 Å². The van der Waals surface area contributed by atoms with Crippen molar-refractivity contribution in [3.05, 3.63) is 0 Å². The van der Waals surface area contributed by atoms with Crippen molar-refractivity contribution in [2.75, 3.05) is 20.6 Å². The van der Waals surface area contributed by atoms with Crippen LogP contribution in [0.4, 0.5) is 0 Å². The van der Waals surface area contributed by atoms with E-state index in [0.717, 1.165) is 11.3 Å². The van der Waals surface area contributed by atoms with Crippen LogP contribution in [0.3, 0.4) is 0 Å². The van der Waals surface area contributed by atoms with Crippen molar-refractivity contribution in [3.63, 3.8) is 0 Å². The quantitative estimate of drug-likeness (QED) is 0.670. The van der Waals surface area contributed by atoms with E-state index in [1.165, 1.54) is 51.5 Å². The first-order valence-electron chi connectivity index (χ1n) is 6.85. The summed E-state index contributed by atoms with van der Waals surface area (Å²) in [5, 5.41) is 0. The van der Waals surface area contributed by atoms with Crippen LogP contribution in [0.2, 0.25) is 0 Å². The molecular formula is C14H27N. The van der Waals surface area contributed by atoms with Gasteiger partial charge in [0.05, 0.1) is 0 Å². The number of hydrogen-bond acceptors (Lipinski definition) is 1. The van der Waals surface area contributed by atoms with Gasteiger partial charge in [0.2, 0.25) is 0 Å².